The molecule has 1 aliphatic heterocycles. The van der Waals surface area contributed by atoms with Crippen molar-refractivity contribution < 1.29 is 17.6 Å². The molecule has 0 spiro atoms. The first-order chi connectivity index (χ1) is 15.9. The minimum absolute atomic E-state index is 0.359. The van der Waals surface area contributed by atoms with E-state index in [1.54, 1.807) is 30.2 Å². The number of hydrogen-bond donors (Lipinski definition) is 0. The molecule has 2 aromatic carbocycles. The Morgan fingerprint density at radius 2 is 1.88 bits per heavy atom. The van der Waals surface area contributed by atoms with Crippen LogP contribution in [-0.2, 0) is 10.0 Å². The summed E-state index contributed by atoms with van der Waals surface area (Å²) in [5.41, 5.74) is 3.65. The molecule has 0 radical (unpaired) electrons. The lowest BCUT2D eigenvalue weighted by Crippen LogP contribution is -2.26. The number of para-hydroxylation sites is 1. The van der Waals surface area contributed by atoms with Crippen molar-refractivity contribution in [3.8, 4) is 22.7 Å². The topological polar surface area (TPSA) is 89.9 Å². The van der Waals surface area contributed by atoms with Crippen LogP contribution in [0.2, 0.25) is 0 Å². The molecule has 3 heterocycles. The quantitative estimate of drug-likeness (QED) is 0.427. The van der Waals surface area contributed by atoms with Crippen LogP contribution in [0.25, 0.3) is 16.9 Å². The SMILES string of the molecule is COc1cccc(-c2nn(-c3ccccc3)cc2[C@H]2CC(c3ccco3)=NN2S(C)(=O)=O)c1. The minimum Gasteiger partial charge on any atom is -0.497 e. The molecule has 0 unspecified atom stereocenters. The van der Waals surface area contributed by atoms with Gasteiger partial charge in [-0.05, 0) is 36.4 Å². The largest absolute Gasteiger partial charge is 0.497 e. The Balaban J connectivity index is 1.66. The summed E-state index contributed by atoms with van der Waals surface area (Å²) in [6, 6.07) is 20.2. The van der Waals surface area contributed by atoms with E-state index in [4.69, 9.17) is 14.3 Å². The van der Waals surface area contributed by atoms with Gasteiger partial charge in [0.2, 0.25) is 10.0 Å². The predicted octanol–water partition coefficient (Wildman–Crippen LogP) is 4.25. The van der Waals surface area contributed by atoms with E-state index >= 15 is 0 Å². The number of rotatable bonds is 6. The fourth-order valence-corrected chi connectivity index (χ4v) is 4.85. The molecular formula is C24H22N4O4S. The summed E-state index contributed by atoms with van der Waals surface area (Å²) in [6.07, 6.45) is 4.93. The Hall–Kier alpha value is -3.85. The van der Waals surface area contributed by atoms with E-state index < -0.39 is 16.1 Å². The molecular weight excluding hydrogens is 440 g/mol. The lowest BCUT2D eigenvalue weighted by molar-refractivity contribution is 0.375. The van der Waals surface area contributed by atoms with Crippen molar-refractivity contribution in [3.63, 3.8) is 0 Å². The number of furan rings is 1. The second-order valence-electron chi connectivity index (χ2n) is 7.72. The van der Waals surface area contributed by atoms with Gasteiger partial charge in [0, 0.05) is 23.7 Å². The van der Waals surface area contributed by atoms with Crippen molar-refractivity contribution in [2.75, 3.05) is 13.4 Å². The summed E-state index contributed by atoms with van der Waals surface area (Å²) in [5.74, 6) is 1.23. The lowest BCUT2D eigenvalue weighted by atomic mass is 9.99. The number of ether oxygens (including phenoxy) is 1. The first kappa shape index (κ1) is 21.0. The van der Waals surface area contributed by atoms with Gasteiger partial charge in [-0.15, -0.1) is 0 Å². The second kappa shape index (κ2) is 8.25. The van der Waals surface area contributed by atoms with Crippen LogP contribution in [0.3, 0.4) is 0 Å². The van der Waals surface area contributed by atoms with Crippen LogP contribution in [0.15, 0.2) is 88.7 Å². The van der Waals surface area contributed by atoms with Gasteiger partial charge in [-0.1, -0.05) is 30.3 Å². The van der Waals surface area contributed by atoms with Crippen LogP contribution >= 0.6 is 0 Å². The normalized spacial score (nSPS) is 16.1. The molecule has 0 aliphatic carbocycles. The summed E-state index contributed by atoms with van der Waals surface area (Å²) >= 11 is 0. The van der Waals surface area contributed by atoms with Crippen LogP contribution in [-0.4, -0.2) is 41.7 Å². The van der Waals surface area contributed by atoms with Crippen LogP contribution < -0.4 is 4.74 Å². The second-order valence-corrected chi connectivity index (χ2v) is 9.56. The number of methoxy groups -OCH3 is 1. The summed E-state index contributed by atoms with van der Waals surface area (Å²) < 4.78 is 39.2. The number of hydrazone groups is 1. The summed E-state index contributed by atoms with van der Waals surface area (Å²) in [5, 5.41) is 9.26. The van der Waals surface area contributed by atoms with Crippen LogP contribution in [0, 0.1) is 0 Å². The van der Waals surface area contributed by atoms with Crippen molar-refractivity contribution in [2.45, 2.75) is 12.5 Å². The van der Waals surface area contributed by atoms with Crippen LogP contribution in [0.4, 0.5) is 0 Å². The molecule has 0 bridgehead atoms. The maximum atomic E-state index is 12.7. The standard InChI is InChI=1S/C24H22N4O4S/c1-31-19-11-6-8-17(14-19)24-20(16-27(26-24)18-9-4-3-5-10-18)22-15-21(23-12-7-13-32-23)25-28(22)33(2,29)30/h3-14,16,22H,15H2,1-2H3/t22-/m1/s1. The Morgan fingerprint density at radius 3 is 2.58 bits per heavy atom. The van der Waals surface area contributed by atoms with E-state index in [1.165, 1.54) is 0 Å². The molecule has 5 rings (SSSR count). The lowest BCUT2D eigenvalue weighted by Gasteiger charge is -2.21. The third-order valence-electron chi connectivity index (χ3n) is 5.48. The number of nitrogens with zero attached hydrogens (tertiary/aromatic N) is 4. The monoisotopic (exact) mass is 462 g/mol. The maximum absolute atomic E-state index is 12.7. The highest BCUT2D eigenvalue weighted by molar-refractivity contribution is 7.88. The van der Waals surface area contributed by atoms with Gasteiger partial charge in [0.25, 0.3) is 0 Å². The van der Waals surface area contributed by atoms with Crippen molar-refractivity contribution in [2.24, 2.45) is 5.10 Å². The van der Waals surface area contributed by atoms with Gasteiger partial charge in [-0.3, -0.25) is 0 Å². The molecule has 0 saturated carbocycles. The zero-order valence-corrected chi connectivity index (χ0v) is 18.9. The van der Waals surface area contributed by atoms with Crippen LogP contribution in [0.1, 0.15) is 23.8 Å². The highest BCUT2D eigenvalue weighted by atomic mass is 32.2. The zero-order chi connectivity index (χ0) is 23.0. The summed E-state index contributed by atoms with van der Waals surface area (Å²) in [6.45, 7) is 0. The molecule has 9 heteroatoms. The molecule has 0 amide bonds. The van der Waals surface area contributed by atoms with E-state index in [9.17, 15) is 8.42 Å². The highest BCUT2D eigenvalue weighted by Crippen LogP contribution is 2.40. The number of sulfonamides is 1. The third-order valence-corrected chi connectivity index (χ3v) is 6.50. The number of aromatic nitrogens is 2. The highest BCUT2D eigenvalue weighted by Gasteiger charge is 2.38. The first-order valence-corrected chi connectivity index (χ1v) is 12.2. The Morgan fingerprint density at radius 1 is 1.06 bits per heavy atom. The van der Waals surface area contributed by atoms with Crippen molar-refractivity contribution in [1.82, 2.24) is 14.2 Å². The van der Waals surface area contributed by atoms with E-state index in [2.05, 4.69) is 5.10 Å². The Labute approximate surface area is 191 Å². The van der Waals surface area contributed by atoms with Gasteiger partial charge < -0.3 is 9.15 Å². The maximum Gasteiger partial charge on any atom is 0.247 e. The molecule has 33 heavy (non-hydrogen) atoms. The fourth-order valence-electron chi connectivity index (χ4n) is 3.96. The molecule has 8 nitrogen and oxygen atoms in total. The van der Waals surface area contributed by atoms with Crippen molar-refractivity contribution in [1.29, 1.82) is 0 Å². The van der Waals surface area contributed by atoms with Crippen LogP contribution in [0.5, 0.6) is 5.75 Å². The van der Waals surface area contributed by atoms with Gasteiger partial charge in [0.15, 0.2) is 0 Å². The number of hydrogen-bond acceptors (Lipinski definition) is 6. The number of benzene rings is 2. The third kappa shape index (κ3) is 4.03. The van der Waals surface area contributed by atoms with Crippen molar-refractivity contribution in [3.05, 3.63) is 90.5 Å². The van der Waals surface area contributed by atoms with E-state index in [0.29, 0.717) is 29.3 Å². The molecule has 2 aromatic heterocycles. The molecule has 1 aliphatic rings. The average molecular weight is 463 g/mol. The predicted molar refractivity (Wildman–Crippen MR) is 125 cm³/mol. The van der Waals surface area contributed by atoms with E-state index in [1.807, 2.05) is 60.8 Å². The van der Waals surface area contributed by atoms with E-state index in [0.717, 1.165) is 27.5 Å². The molecule has 0 saturated heterocycles. The molecule has 0 fully saturated rings. The van der Waals surface area contributed by atoms with Crippen molar-refractivity contribution >= 4 is 15.7 Å². The van der Waals surface area contributed by atoms with E-state index in [-0.39, 0.29) is 0 Å². The van der Waals surface area contributed by atoms with Gasteiger partial charge in [-0.2, -0.15) is 14.6 Å². The summed E-state index contributed by atoms with van der Waals surface area (Å²) in [4.78, 5) is 0. The molecule has 1 atom stereocenters. The fraction of sp³-hybridized carbons (Fsp3) is 0.167. The molecule has 4 aromatic rings. The molecule has 0 N–H and O–H groups in total. The van der Waals surface area contributed by atoms with Gasteiger partial charge >= 0.3 is 0 Å². The Kier molecular flexibility index (Phi) is 5.26. The van der Waals surface area contributed by atoms with Gasteiger partial charge in [0.05, 0.1) is 37.1 Å². The average Bonchev–Trinajstić information content (AvgIpc) is 3.58. The summed E-state index contributed by atoms with van der Waals surface area (Å²) in [7, 11) is -2.04. The molecule has 168 valence electrons. The van der Waals surface area contributed by atoms with Gasteiger partial charge in [-0.25, -0.2) is 13.1 Å². The smallest absolute Gasteiger partial charge is 0.247 e. The minimum atomic E-state index is -3.65. The zero-order valence-electron chi connectivity index (χ0n) is 18.1. The first-order valence-electron chi connectivity index (χ1n) is 10.3. The Bertz CT molecular complexity index is 1410. The van der Waals surface area contributed by atoms with Gasteiger partial charge in [0.1, 0.15) is 17.2 Å².